The van der Waals surface area contributed by atoms with Gasteiger partial charge in [0.2, 0.25) is 5.91 Å². The van der Waals surface area contributed by atoms with Gasteiger partial charge in [-0.15, -0.1) is 0 Å². The van der Waals surface area contributed by atoms with Crippen LogP contribution < -0.4 is 0 Å². The number of carbonyl (C=O) groups excluding carboxylic acids is 1. The molecule has 23 heavy (non-hydrogen) atoms. The summed E-state index contributed by atoms with van der Waals surface area (Å²) in [7, 11) is 2.18. The highest BCUT2D eigenvalue weighted by atomic mass is 16.2. The van der Waals surface area contributed by atoms with Gasteiger partial charge in [0, 0.05) is 57.4 Å². The number of likely N-dealkylation sites (N-methyl/N-ethyl adjacent to an activating group) is 1. The minimum absolute atomic E-state index is 0.215. The first-order valence-electron chi connectivity index (χ1n) is 8.58. The summed E-state index contributed by atoms with van der Waals surface area (Å²) in [5.74, 6) is 1.24. The van der Waals surface area contributed by atoms with Gasteiger partial charge in [-0.25, -0.2) is 4.98 Å². The zero-order chi connectivity index (χ0) is 16.6. The molecule has 1 amide bonds. The SMILES string of the molecule is CN1CCN(Cc2cnc3n2CCN(C(=O)C(C)(C)C)C3)CC1. The zero-order valence-corrected chi connectivity index (χ0v) is 14.9. The van der Waals surface area contributed by atoms with Gasteiger partial charge >= 0.3 is 0 Å². The van der Waals surface area contributed by atoms with Crippen LogP contribution in [0.5, 0.6) is 0 Å². The second kappa shape index (κ2) is 6.24. The molecule has 2 aliphatic rings. The normalized spacial score (nSPS) is 20.6. The second-order valence-electron chi connectivity index (χ2n) is 7.87. The Morgan fingerprint density at radius 2 is 1.83 bits per heavy atom. The summed E-state index contributed by atoms with van der Waals surface area (Å²) in [6.07, 6.45) is 2.00. The number of rotatable bonds is 2. The maximum atomic E-state index is 12.5. The summed E-state index contributed by atoms with van der Waals surface area (Å²) in [5, 5.41) is 0. The summed E-state index contributed by atoms with van der Waals surface area (Å²) in [5.41, 5.74) is 0.963. The van der Waals surface area contributed by atoms with Crippen LogP contribution in [-0.4, -0.2) is 69.9 Å². The largest absolute Gasteiger partial charge is 0.333 e. The van der Waals surface area contributed by atoms with Gasteiger partial charge in [0.15, 0.2) is 0 Å². The van der Waals surface area contributed by atoms with Crippen molar-refractivity contribution in [3.8, 4) is 0 Å². The van der Waals surface area contributed by atoms with Crippen LogP contribution in [0, 0.1) is 5.41 Å². The molecule has 1 saturated heterocycles. The topological polar surface area (TPSA) is 44.6 Å². The Hall–Kier alpha value is -1.40. The van der Waals surface area contributed by atoms with Gasteiger partial charge < -0.3 is 14.4 Å². The Morgan fingerprint density at radius 1 is 1.13 bits per heavy atom. The average Bonchev–Trinajstić information content (AvgIpc) is 2.90. The Balaban J connectivity index is 1.65. The highest BCUT2D eigenvalue weighted by Gasteiger charge is 2.31. The van der Waals surface area contributed by atoms with Crippen LogP contribution in [0.15, 0.2) is 6.20 Å². The van der Waals surface area contributed by atoms with Crippen molar-refractivity contribution in [1.82, 2.24) is 24.3 Å². The fourth-order valence-electron chi connectivity index (χ4n) is 3.33. The zero-order valence-electron chi connectivity index (χ0n) is 14.9. The summed E-state index contributed by atoms with van der Waals surface area (Å²) < 4.78 is 2.31. The molecule has 0 atom stereocenters. The minimum Gasteiger partial charge on any atom is -0.333 e. The molecule has 0 N–H and O–H groups in total. The monoisotopic (exact) mass is 319 g/mol. The number of piperazine rings is 1. The molecule has 1 aromatic heterocycles. The van der Waals surface area contributed by atoms with Crippen molar-refractivity contribution in [2.75, 3.05) is 39.8 Å². The van der Waals surface area contributed by atoms with Gasteiger partial charge in [-0.05, 0) is 7.05 Å². The van der Waals surface area contributed by atoms with Gasteiger partial charge in [-0.1, -0.05) is 20.8 Å². The molecule has 0 saturated carbocycles. The van der Waals surface area contributed by atoms with Crippen LogP contribution in [0.3, 0.4) is 0 Å². The molecule has 1 aromatic rings. The predicted octanol–water partition coefficient (Wildman–Crippen LogP) is 1.02. The number of amides is 1. The third-order valence-electron chi connectivity index (χ3n) is 4.86. The molecule has 0 bridgehead atoms. The Morgan fingerprint density at radius 3 is 2.48 bits per heavy atom. The molecule has 6 nitrogen and oxygen atoms in total. The molecule has 0 aromatic carbocycles. The predicted molar refractivity (Wildman–Crippen MR) is 89.9 cm³/mol. The van der Waals surface area contributed by atoms with E-state index in [9.17, 15) is 4.79 Å². The second-order valence-corrected chi connectivity index (χ2v) is 7.87. The van der Waals surface area contributed by atoms with Crippen molar-refractivity contribution >= 4 is 5.91 Å². The number of fused-ring (bicyclic) bond motifs is 1. The van der Waals surface area contributed by atoms with E-state index >= 15 is 0 Å². The molecule has 1 fully saturated rings. The van der Waals surface area contributed by atoms with Crippen LogP contribution in [0.2, 0.25) is 0 Å². The number of imidazole rings is 1. The van der Waals surface area contributed by atoms with Gasteiger partial charge in [0.25, 0.3) is 0 Å². The molecular formula is C17H29N5O. The fraction of sp³-hybridized carbons (Fsp3) is 0.765. The van der Waals surface area contributed by atoms with Crippen molar-refractivity contribution in [3.63, 3.8) is 0 Å². The molecule has 0 aliphatic carbocycles. The number of carbonyl (C=O) groups is 1. The third kappa shape index (κ3) is 3.58. The van der Waals surface area contributed by atoms with E-state index in [4.69, 9.17) is 0 Å². The van der Waals surface area contributed by atoms with E-state index in [1.807, 2.05) is 31.9 Å². The molecule has 0 spiro atoms. The lowest BCUT2D eigenvalue weighted by molar-refractivity contribution is -0.141. The van der Waals surface area contributed by atoms with E-state index in [2.05, 4.69) is 26.4 Å². The Labute approximate surface area is 139 Å². The van der Waals surface area contributed by atoms with Gasteiger partial charge in [0.1, 0.15) is 5.82 Å². The highest BCUT2D eigenvalue weighted by Crippen LogP contribution is 2.22. The first-order chi connectivity index (χ1) is 10.8. The standard InChI is InChI=1S/C17H29N5O/c1-17(2,3)16(23)21-9-10-22-14(11-18-15(22)13-21)12-20-7-5-19(4)6-8-20/h11H,5-10,12-13H2,1-4H3. The van der Waals surface area contributed by atoms with Crippen molar-refractivity contribution < 1.29 is 4.79 Å². The maximum Gasteiger partial charge on any atom is 0.228 e. The quantitative estimate of drug-likeness (QED) is 0.816. The first kappa shape index (κ1) is 16.5. The maximum absolute atomic E-state index is 12.5. The lowest BCUT2D eigenvalue weighted by Crippen LogP contribution is -2.45. The Bertz CT molecular complexity index is 566. The van der Waals surface area contributed by atoms with Gasteiger partial charge in [-0.2, -0.15) is 0 Å². The molecule has 2 aliphatic heterocycles. The van der Waals surface area contributed by atoms with E-state index in [0.717, 1.165) is 51.6 Å². The van der Waals surface area contributed by atoms with Crippen LogP contribution in [0.25, 0.3) is 0 Å². The van der Waals surface area contributed by atoms with Gasteiger partial charge in [-0.3, -0.25) is 9.69 Å². The average molecular weight is 319 g/mol. The number of nitrogens with zero attached hydrogens (tertiary/aromatic N) is 5. The molecule has 6 heteroatoms. The first-order valence-corrected chi connectivity index (χ1v) is 8.58. The van der Waals surface area contributed by atoms with Crippen LogP contribution >= 0.6 is 0 Å². The van der Waals surface area contributed by atoms with Gasteiger partial charge in [0.05, 0.1) is 12.2 Å². The van der Waals surface area contributed by atoms with E-state index in [1.54, 1.807) is 0 Å². The van der Waals surface area contributed by atoms with Crippen molar-refractivity contribution in [2.24, 2.45) is 5.41 Å². The summed E-state index contributed by atoms with van der Waals surface area (Å²) >= 11 is 0. The van der Waals surface area contributed by atoms with Crippen molar-refractivity contribution in [3.05, 3.63) is 17.7 Å². The fourth-order valence-corrected chi connectivity index (χ4v) is 3.33. The smallest absolute Gasteiger partial charge is 0.228 e. The summed E-state index contributed by atoms with van der Waals surface area (Å²) in [6, 6.07) is 0. The lowest BCUT2D eigenvalue weighted by Gasteiger charge is -2.34. The lowest BCUT2D eigenvalue weighted by atomic mass is 9.94. The number of aromatic nitrogens is 2. The van der Waals surface area contributed by atoms with Crippen LogP contribution in [-0.2, 0) is 24.4 Å². The number of hydrogen-bond acceptors (Lipinski definition) is 4. The minimum atomic E-state index is -0.322. The summed E-state index contributed by atoms with van der Waals surface area (Å²) in [6.45, 7) is 13.7. The highest BCUT2D eigenvalue weighted by molar-refractivity contribution is 5.81. The van der Waals surface area contributed by atoms with E-state index < -0.39 is 0 Å². The van der Waals surface area contributed by atoms with Crippen molar-refractivity contribution in [1.29, 1.82) is 0 Å². The van der Waals surface area contributed by atoms with Crippen molar-refractivity contribution in [2.45, 2.75) is 40.4 Å². The molecule has 128 valence electrons. The van der Waals surface area contributed by atoms with Crippen LogP contribution in [0.4, 0.5) is 0 Å². The van der Waals surface area contributed by atoms with E-state index in [1.165, 1.54) is 5.69 Å². The number of hydrogen-bond donors (Lipinski definition) is 0. The van der Waals surface area contributed by atoms with Crippen LogP contribution in [0.1, 0.15) is 32.3 Å². The molecule has 3 rings (SSSR count). The molecule has 0 radical (unpaired) electrons. The third-order valence-corrected chi connectivity index (χ3v) is 4.86. The molecule has 0 unspecified atom stereocenters. The van der Waals surface area contributed by atoms with E-state index in [-0.39, 0.29) is 11.3 Å². The van der Waals surface area contributed by atoms with E-state index in [0.29, 0.717) is 6.54 Å². The molecular weight excluding hydrogens is 290 g/mol. The molecule has 3 heterocycles. The summed E-state index contributed by atoms with van der Waals surface area (Å²) in [4.78, 5) is 23.9. The Kier molecular flexibility index (Phi) is 4.47.